The molecule has 0 spiro atoms. The quantitative estimate of drug-likeness (QED) is 0.612. The highest BCUT2D eigenvalue weighted by Gasteiger charge is 2.03. The first kappa shape index (κ1) is 11.0. The van der Waals surface area contributed by atoms with Gasteiger partial charge in [-0.2, -0.15) is 0 Å². The molecule has 0 aromatic heterocycles. The smallest absolute Gasteiger partial charge is 0.333 e. The van der Waals surface area contributed by atoms with Crippen LogP contribution in [-0.4, -0.2) is 5.97 Å². The van der Waals surface area contributed by atoms with Crippen molar-refractivity contribution in [3.63, 3.8) is 0 Å². The van der Waals surface area contributed by atoms with Crippen LogP contribution in [0, 0.1) is 0 Å². The summed E-state index contributed by atoms with van der Waals surface area (Å²) in [6.45, 7) is 5.41. The molecule has 0 bridgehead atoms. The van der Waals surface area contributed by atoms with E-state index in [1.165, 1.54) is 0 Å². The number of benzene rings is 1. The summed E-state index contributed by atoms with van der Waals surface area (Å²) in [4.78, 5) is 11.1. The van der Waals surface area contributed by atoms with E-state index < -0.39 is 0 Å². The lowest BCUT2D eigenvalue weighted by molar-refractivity contribution is -0.140. The number of hydrogen-bond donors (Lipinski definition) is 0. The third-order valence-corrected chi connectivity index (χ3v) is 2.10. The van der Waals surface area contributed by atoms with Crippen LogP contribution in [-0.2, 0) is 16.1 Å². The Morgan fingerprint density at radius 1 is 1.57 bits per heavy atom. The SMILES string of the molecule is C=C(C)C(=O)OCc1cccc(Br)c1. The van der Waals surface area contributed by atoms with Gasteiger partial charge in [-0.25, -0.2) is 4.79 Å². The molecular weight excluding hydrogens is 244 g/mol. The summed E-state index contributed by atoms with van der Waals surface area (Å²) in [6, 6.07) is 7.63. The van der Waals surface area contributed by atoms with Gasteiger partial charge in [0.1, 0.15) is 6.61 Å². The summed E-state index contributed by atoms with van der Waals surface area (Å²) >= 11 is 3.34. The van der Waals surface area contributed by atoms with Crippen molar-refractivity contribution in [2.75, 3.05) is 0 Å². The molecule has 0 saturated heterocycles. The molecule has 1 aromatic rings. The Bertz CT molecular complexity index is 358. The van der Waals surface area contributed by atoms with Crippen LogP contribution < -0.4 is 0 Å². The minimum atomic E-state index is -0.357. The Labute approximate surface area is 91.7 Å². The van der Waals surface area contributed by atoms with E-state index in [-0.39, 0.29) is 12.6 Å². The van der Waals surface area contributed by atoms with Crippen LogP contribution in [0.2, 0.25) is 0 Å². The second-order valence-electron chi connectivity index (χ2n) is 2.99. The van der Waals surface area contributed by atoms with E-state index in [1.807, 2.05) is 24.3 Å². The predicted octanol–water partition coefficient (Wildman–Crippen LogP) is 3.07. The van der Waals surface area contributed by atoms with Gasteiger partial charge in [0.25, 0.3) is 0 Å². The van der Waals surface area contributed by atoms with E-state index in [0.717, 1.165) is 10.0 Å². The summed E-state index contributed by atoms with van der Waals surface area (Å²) < 4.78 is 5.96. The van der Waals surface area contributed by atoms with Crippen molar-refractivity contribution >= 4 is 21.9 Å². The van der Waals surface area contributed by atoms with Crippen LogP contribution >= 0.6 is 15.9 Å². The van der Waals surface area contributed by atoms with Crippen molar-refractivity contribution in [3.05, 3.63) is 46.5 Å². The van der Waals surface area contributed by atoms with Crippen LogP contribution in [0.3, 0.4) is 0 Å². The molecule has 74 valence electrons. The normalized spacial score (nSPS) is 9.57. The van der Waals surface area contributed by atoms with Gasteiger partial charge in [0, 0.05) is 10.0 Å². The Hall–Kier alpha value is -1.09. The van der Waals surface area contributed by atoms with E-state index in [4.69, 9.17) is 4.74 Å². The molecule has 0 saturated carbocycles. The first-order valence-corrected chi connectivity index (χ1v) is 4.96. The molecule has 0 aliphatic heterocycles. The maximum atomic E-state index is 11.1. The van der Waals surface area contributed by atoms with Crippen LogP contribution in [0.1, 0.15) is 12.5 Å². The first-order chi connectivity index (χ1) is 6.59. The Kier molecular flexibility index (Phi) is 3.89. The zero-order valence-corrected chi connectivity index (χ0v) is 9.50. The highest BCUT2D eigenvalue weighted by Crippen LogP contribution is 2.12. The van der Waals surface area contributed by atoms with Gasteiger partial charge in [-0.05, 0) is 24.6 Å². The van der Waals surface area contributed by atoms with Crippen molar-refractivity contribution in [1.29, 1.82) is 0 Å². The van der Waals surface area contributed by atoms with E-state index in [1.54, 1.807) is 6.92 Å². The fourth-order valence-corrected chi connectivity index (χ4v) is 1.35. The highest BCUT2D eigenvalue weighted by molar-refractivity contribution is 9.10. The Balaban J connectivity index is 2.54. The number of esters is 1. The molecule has 0 N–H and O–H groups in total. The third-order valence-electron chi connectivity index (χ3n) is 1.61. The average molecular weight is 255 g/mol. The molecule has 0 amide bonds. The molecule has 0 atom stereocenters. The van der Waals surface area contributed by atoms with Crippen molar-refractivity contribution in [2.45, 2.75) is 13.5 Å². The number of ether oxygens (including phenoxy) is 1. The van der Waals surface area contributed by atoms with Gasteiger partial charge < -0.3 is 4.74 Å². The fourth-order valence-electron chi connectivity index (χ4n) is 0.899. The molecule has 1 rings (SSSR count). The van der Waals surface area contributed by atoms with E-state index >= 15 is 0 Å². The number of carbonyl (C=O) groups is 1. The molecule has 0 radical (unpaired) electrons. The molecule has 0 unspecified atom stereocenters. The van der Waals surface area contributed by atoms with Gasteiger partial charge in [0.15, 0.2) is 0 Å². The summed E-state index contributed by atoms with van der Waals surface area (Å²) in [7, 11) is 0. The maximum Gasteiger partial charge on any atom is 0.333 e. The topological polar surface area (TPSA) is 26.3 Å². The fraction of sp³-hybridized carbons (Fsp3) is 0.182. The van der Waals surface area contributed by atoms with Gasteiger partial charge in [-0.15, -0.1) is 0 Å². The van der Waals surface area contributed by atoms with E-state index in [0.29, 0.717) is 5.57 Å². The maximum absolute atomic E-state index is 11.1. The third kappa shape index (κ3) is 3.34. The molecule has 0 fully saturated rings. The second-order valence-corrected chi connectivity index (χ2v) is 3.90. The minimum Gasteiger partial charge on any atom is -0.457 e. The van der Waals surface area contributed by atoms with Gasteiger partial charge in [-0.1, -0.05) is 34.6 Å². The van der Waals surface area contributed by atoms with E-state index in [2.05, 4.69) is 22.5 Å². The number of carbonyl (C=O) groups excluding carboxylic acids is 1. The van der Waals surface area contributed by atoms with Gasteiger partial charge in [-0.3, -0.25) is 0 Å². The molecule has 0 aliphatic rings. The summed E-state index contributed by atoms with van der Waals surface area (Å²) in [6.07, 6.45) is 0. The largest absolute Gasteiger partial charge is 0.457 e. The molecule has 0 aliphatic carbocycles. The van der Waals surface area contributed by atoms with E-state index in [9.17, 15) is 4.79 Å². The summed E-state index contributed by atoms with van der Waals surface area (Å²) in [5.41, 5.74) is 1.37. The highest BCUT2D eigenvalue weighted by atomic mass is 79.9. The number of rotatable bonds is 3. The molecule has 14 heavy (non-hydrogen) atoms. The van der Waals surface area contributed by atoms with Crippen molar-refractivity contribution in [3.8, 4) is 0 Å². The summed E-state index contributed by atoms with van der Waals surface area (Å²) in [5, 5.41) is 0. The predicted molar refractivity (Wildman–Crippen MR) is 58.8 cm³/mol. The molecular formula is C11H11BrO2. The van der Waals surface area contributed by atoms with Crippen LogP contribution in [0.5, 0.6) is 0 Å². The van der Waals surface area contributed by atoms with Crippen molar-refractivity contribution in [1.82, 2.24) is 0 Å². The Morgan fingerprint density at radius 2 is 2.29 bits per heavy atom. The zero-order valence-electron chi connectivity index (χ0n) is 7.92. The number of halogens is 1. The lowest BCUT2D eigenvalue weighted by Gasteiger charge is -2.04. The van der Waals surface area contributed by atoms with Crippen LogP contribution in [0.4, 0.5) is 0 Å². The molecule has 3 heteroatoms. The van der Waals surface area contributed by atoms with Crippen molar-refractivity contribution in [2.24, 2.45) is 0 Å². The van der Waals surface area contributed by atoms with Gasteiger partial charge >= 0.3 is 5.97 Å². The Morgan fingerprint density at radius 3 is 2.86 bits per heavy atom. The van der Waals surface area contributed by atoms with Gasteiger partial charge in [0.2, 0.25) is 0 Å². The molecule has 1 aromatic carbocycles. The van der Waals surface area contributed by atoms with Crippen LogP contribution in [0.25, 0.3) is 0 Å². The lowest BCUT2D eigenvalue weighted by Crippen LogP contribution is -2.04. The minimum absolute atomic E-state index is 0.283. The van der Waals surface area contributed by atoms with Gasteiger partial charge in [0.05, 0.1) is 0 Å². The summed E-state index contributed by atoms with van der Waals surface area (Å²) in [5.74, 6) is -0.357. The second kappa shape index (κ2) is 4.96. The molecule has 0 heterocycles. The van der Waals surface area contributed by atoms with Crippen LogP contribution in [0.15, 0.2) is 40.9 Å². The zero-order chi connectivity index (χ0) is 10.6. The van der Waals surface area contributed by atoms with Crippen molar-refractivity contribution < 1.29 is 9.53 Å². The number of hydrogen-bond acceptors (Lipinski definition) is 2. The first-order valence-electron chi connectivity index (χ1n) is 4.16. The standard InChI is InChI=1S/C11H11BrO2/c1-8(2)11(13)14-7-9-4-3-5-10(12)6-9/h3-6H,1,7H2,2H3. The molecule has 2 nitrogen and oxygen atoms in total. The average Bonchev–Trinajstić information content (AvgIpc) is 2.14. The monoisotopic (exact) mass is 254 g/mol. The lowest BCUT2D eigenvalue weighted by atomic mass is 10.2.